The molecular formula is C22H29N5O2. The Morgan fingerprint density at radius 3 is 2.10 bits per heavy atom. The molecule has 2 aromatic carbocycles. The molecule has 0 unspecified atom stereocenters. The third-order valence-electron chi connectivity index (χ3n) is 5.10. The third-order valence-corrected chi connectivity index (χ3v) is 5.10. The van der Waals surface area contributed by atoms with Gasteiger partial charge in [-0.2, -0.15) is 0 Å². The number of amides is 4. The van der Waals surface area contributed by atoms with Gasteiger partial charge in [-0.15, -0.1) is 0 Å². The Balaban J connectivity index is 1.54. The van der Waals surface area contributed by atoms with Crippen LogP contribution in [0.1, 0.15) is 18.1 Å². The van der Waals surface area contributed by atoms with Crippen LogP contribution < -0.4 is 20.9 Å². The quantitative estimate of drug-likeness (QED) is 0.737. The van der Waals surface area contributed by atoms with Crippen LogP contribution in [0.25, 0.3) is 0 Å². The molecule has 1 fully saturated rings. The maximum Gasteiger partial charge on any atom is 0.323 e. The van der Waals surface area contributed by atoms with Gasteiger partial charge in [0.1, 0.15) is 0 Å². The van der Waals surface area contributed by atoms with Crippen molar-refractivity contribution >= 4 is 29.1 Å². The van der Waals surface area contributed by atoms with Crippen molar-refractivity contribution in [3.8, 4) is 0 Å². The number of carbonyl (C=O) groups is 2. The van der Waals surface area contributed by atoms with E-state index in [1.807, 2.05) is 68.1 Å². The standard InChI is InChI=1S/C22H29N5O2/c1-4-23-22(29)27-14-12-26(13-15-27)19-10-8-18(9-11-19)24-21(28)25-20-16(2)6-5-7-17(20)3/h5-11H,4,12-15H2,1-3H3,(H,23,29)(H2,24,25,28). The van der Waals surface area contributed by atoms with Gasteiger partial charge >= 0.3 is 12.1 Å². The summed E-state index contributed by atoms with van der Waals surface area (Å²) in [6, 6.07) is 13.5. The minimum absolute atomic E-state index is 0.00148. The van der Waals surface area contributed by atoms with Crippen LogP contribution in [0, 0.1) is 13.8 Å². The molecule has 29 heavy (non-hydrogen) atoms. The largest absolute Gasteiger partial charge is 0.368 e. The van der Waals surface area contributed by atoms with Crippen molar-refractivity contribution in [3.63, 3.8) is 0 Å². The van der Waals surface area contributed by atoms with Crippen molar-refractivity contribution < 1.29 is 9.59 Å². The van der Waals surface area contributed by atoms with Crippen LogP contribution in [-0.4, -0.2) is 49.7 Å². The normalized spacial score (nSPS) is 13.8. The van der Waals surface area contributed by atoms with Crippen LogP contribution in [0.15, 0.2) is 42.5 Å². The van der Waals surface area contributed by atoms with Crippen molar-refractivity contribution in [1.82, 2.24) is 10.2 Å². The zero-order valence-electron chi connectivity index (χ0n) is 17.3. The fourth-order valence-corrected chi connectivity index (χ4v) is 3.47. The number of nitrogens with one attached hydrogen (secondary N) is 3. The minimum Gasteiger partial charge on any atom is -0.368 e. The zero-order valence-corrected chi connectivity index (χ0v) is 17.3. The second kappa shape index (κ2) is 9.32. The Morgan fingerprint density at radius 1 is 0.897 bits per heavy atom. The maximum atomic E-state index is 12.4. The first-order valence-electron chi connectivity index (χ1n) is 10.00. The molecule has 3 N–H and O–H groups in total. The summed E-state index contributed by atoms with van der Waals surface area (Å²) in [4.78, 5) is 28.3. The number of para-hydroxylation sites is 1. The molecule has 0 atom stereocenters. The number of aryl methyl sites for hydroxylation is 2. The lowest BCUT2D eigenvalue weighted by Crippen LogP contribution is -2.51. The first kappa shape index (κ1) is 20.5. The highest BCUT2D eigenvalue weighted by Gasteiger charge is 2.20. The molecule has 7 nitrogen and oxygen atoms in total. The summed E-state index contributed by atoms with van der Waals surface area (Å²) in [5, 5.41) is 8.65. The summed E-state index contributed by atoms with van der Waals surface area (Å²) >= 11 is 0. The molecule has 7 heteroatoms. The summed E-state index contributed by atoms with van der Waals surface area (Å²) in [6.45, 7) is 9.49. The minimum atomic E-state index is -0.259. The molecule has 2 aromatic rings. The molecule has 1 heterocycles. The van der Waals surface area contributed by atoms with Crippen LogP contribution in [0.4, 0.5) is 26.7 Å². The summed E-state index contributed by atoms with van der Waals surface area (Å²) in [7, 11) is 0. The van der Waals surface area contributed by atoms with Gasteiger partial charge in [0.25, 0.3) is 0 Å². The fourth-order valence-electron chi connectivity index (χ4n) is 3.47. The summed E-state index contributed by atoms with van der Waals surface area (Å²) in [5.41, 5.74) is 4.72. The SMILES string of the molecule is CCNC(=O)N1CCN(c2ccc(NC(=O)Nc3c(C)cccc3C)cc2)CC1. The van der Waals surface area contributed by atoms with Crippen molar-refractivity contribution in [2.24, 2.45) is 0 Å². The van der Waals surface area contributed by atoms with Gasteiger partial charge in [0.05, 0.1) is 0 Å². The van der Waals surface area contributed by atoms with Gasteiger partial charge in [0.2, 0.25) is 0 Å². The molecule has 0 saturated carbocycles. The molecule has 154 valence electrons. The predicted octanol–water partition coefficient (Wildman–Crippen LogP) is 3.80. The van der Waals surface area contributed by atoms with Crippen LogP contribution >= 0.6 is 0 Å². The summed E-state index contributed by atoms with van der Waals surface area (Å²) < 4.78 is 0. The number of hydrogen-bond acceptors (Lipinski definition) is 3. The maximum absolute atomic E-state index is 12.4. The Bertz CT molecular complexity index is 838. The van der Waals surface area contributed by atoms with Crippen LogP contribution in [0.5, 0.6) is 0 Å². The molecule has 0 spiro atoms. The van der Waals surface area contributed by atoms with Crippen molar-refractivity contribution in [3.05, 3.63) is 53.6 Å². The Kier molecular flexibility index (Phi) is 6.59. The number of benzene rings is 2. The Morgan fingerprint density at radius 2 is 1.52 bits per heavy atom. The fraction of sp³-hybridized carbons (Fsp3) is 0.364. The molecule has 1 saturated heterocycles. The monoisotopic (exact) mass is 395 g/mol. The average Bonchev–Trinajstić information content (AvgIpc) is 2.72. The van der Waals surface area contributed by atoms with Gasteiger partial charge < -0.3 is 25.8 Å². The van der Waals surface area contributed by atoms with Gasteiger partial charge in [0.15, 0.2) is 0 Å². The second-order valence-electron chi connectivity index (χ2n) is 7.20. The third kappa shape index (κ3) is 5.19. The van der Waals surface area contributed by atoms with Gasteiger partial charge in [0, 0.05) is 49.8 Å². The smallest absolute Gasteiger partial charge is 0.323 e. The lowest BCUT2D eigenvalue weighted by Gasteiger charge is -2.36. The lowest BCUT2D eigenvalue weighted by molar-refractivity contribution is 0.195. The number of nitrogens with zero attached hydrogens (tertiary/aromatic N) is 2. The predicted molar refractivity (Wildman–Crippen MR) is 118 cm³/mol. The zero-order chi connectivity index (χ0) is 20.8. The first-order valence-corrected chi connectivity index (χ1v) is 10.00. The number of hydrogen-bond donors (Lipinski definition) is 3. The Hall–Kier alpha value is -3.22. The molecular weight excluding hydrogens is 366 g/mol. The number of rotatable bonds is 4. The van der Waals surface area contributed by atoms with E-state index in [0.29, 0.717) is 19.6 Å². The number of piperazine rings is 1. The highest BCUT2D eigenvalue weighted by Crippen LogP contribution is 2.22. The second-order valence-corrected chi connectivity index (χ2v) is 7.20. The molecule has 0 radical (unpaired) electrons. The molecule has 0 aliphatic carbocycles. The first-order chi connectivity index (χ1) is 14.0. The van der Waals surface area contributed by atoms with E-state index in [1.165, 1.54) is 0 Å². The van der Waals surface area contributed by atoms with Crippen molar-refractivity contribution in [1.29, 1.82) is 0 Å². The topological polar surface area (TPSA) is 76.7 Å². The Labute approximate surface area is 172 Å². The molecule has 1 aliphatic heterocycles. The van der Waals surface area contributed by atoms with E-state index in [-0.39, 0.29) is 12.1 Å². The number of carbonyl (C=O) groups excluding carboxylic acids is 2. The molecule has 1 aliphatic rings. The van der Waals surface area contributed by atoms with E-state index in [4.69, 9.17) is 0 Å². The van der Waals surface area contributed by atoms with Gasteiger partial charge in [-0.05, 0) is 56.2 Å². The van der Waals surface area contributed by atoms with Gasteiger partial charge in [-0.25, -0.2) is 9.59 Å². The number of urea groups is 2. The summed E-state index contributed by atoms with van der Waals surface area (Å²) in [5.74, 6) is 0. The van der Waals surface area contributed by atoms with Crippen molar-refractivity contribution in [2.75, 3.05) is 48.3 Å². The van der Waals surface area contributed by atoms with E-state index in [1.54, 1.807) is 0 Å². The lowest BCUT2D eigenvalue weighted by atomic mass is 10.1. The van der Waals surface area contributed by atoms with Gasteiger partial charge in [-0.3, -0.25) is 0 Å². The average molecular weight is 396 g/mol. The van der Waals surface area contributed by atoms with E-state index < -0.39 is 0 Å². The van der Waals surface area contributed by atoms with E-state index in [0.717, 1.165) is 41.3 Å². The summed E-state index contributed by atoms with van der Waals surface area (Å²) in [6.07, 6.45) is 0. The number of anilines is 3. The van der Waals surface area contributed by atoms with Crippen LogP contribution in [0.3, 0.4) is 0 Å². The highest BCUT2D eigenvalue weighted by atomic mass is 16.2. The van der Waals surface area contributed by atoms with Gasteiger partial charge in [-0.1, -0.05) is 18.2 Å². The van der Waals surface area contributed by atoms with Crippen LogP contribution in [0.2, 0.25) is 0 Å². The molecule has 4 amide bonds. The molecule has 0 aromatic heterocycles. The van der Waals surface area contributed by atoms with E-state index in [2.05, 4.69) is 20.9 Å². The van der Waals surface area contributed by atoms with Crippen molar-refractivity contribution in [2.45, 2.75) is 20.8 Å². The highest BCUT2D eigenvalue weighted by molar-refractivity contribution is 6.00. The van der Waals surface area contributed by atoms with E-state index >= 15 is 0 Å². The molecule has 3 rings (SSSR count). The van der Waals surface area contributed by atoms with E-state index in [9.17, 15) is 9.59 Å². The van der Waals surface area contributed by atoms with Crippen LogP contribution in [-0.2, 0) is 0 Å². The molecule has 0 bridgehead atoms.